The molecule has 0 radical (unpaired) electrons. The van der Waals surface area contributed by atoms with Gasteiger partial charge in [0.1, 0.15) is 0 Å². The van der Waals surface area contributed by atoms with Crippen LogP contribution in [-0.2, 0) is 15.7 Å². The molecule has 5 rings (SSSR count). The van der Waals surface area contributed by atoms with Gasteiger partial charge in [0, 0.05) is 49.5 Å². The van der Waals surface area contributed by atoms with Crippen LogP contribution in [0.25, 0.3) is 0 Å². The Morgan fingerprint density at radius 2 is 1.74 bits per heavy atom. The lowest BCUT2D eigenvalue weighted by Crippen LogP contribution is -2.43. The standard InChI is InChI=1S/C23H26F3N3O2.C7H9N/c24-23(25,26)16-6-9-20-19(12-16)22-18(21(28-20)15-4-2-1-3-5-15)8-7-17(31-22)13-29(14-30)11-10-27;1-8-7-5-3-2-4-6-7/h1-6,9,12,14,17-18,21-22,28H,7-8,10-11,13,27H2;2-6,8H,1H3/t17?,18?,21-,22?;/m0./s1. The van der Waals surface area contributed by atoms with E-state index in [1.54, 1.807) is 4.90 Å². The number of nitrogens with two attached hydrogens (primary N) is 1. The third-order valence-corrected chi connectivity index (χ3v) is 7.20. The number of halogens is 3. The quantitative estimate of drug-likeness (QED) is 0.328. The Kier molecular flexibility index (Phi) is 9.48. The second-order valence-corrected chi connectivity index (χ2v) is 9.76. The summed E-state index contributed by atoms with van der Waals surface area (Å²) in [5.74, 6) is -0.0196. The molecule has 6 nitrogen and oxygen atoms in total. The first-order chi connectivity index (χ1) is 18.8. The number of amides is 1. The van der Waals surface area contributed by atoms with Crippen molar-refractivity contribution in [2.75, 3.05) is 37.3 Å². The Bertz CT molecular complexity index is 1190. The lowest BCUT2D eigenvalue weighted by molar-refractivity contribution is -0.138. The molecule has 2 heterocycles. The molecule has 0 bridgehead atoms. The van der Waals surface area contributed by atoms with E-state index >= 15 is 0 Å². The van der Waals surface area contributed by atoms with Gasteiger partial charge >= 0.3 is 6.18 Å². The van der Waals surface area contributed by atoms with Crippen LogP contribution in [0.3, 0.4) is 0 Å². The van der Waals surface area contributed by atoms with Gasteiger partial charge < -0.3 is 26.0 Å². The second kappa shape index (κ2) is 13.0. The van der Waals surface area contributed by atoms with E-state index in [2.05, 4.69) is 10.6 Å². The third kappa shape index (κ3) is 7.10. The zero-order valence-corrected chi connectivity index (χ0v) is 21.9. The number of alkyl halides is 3. The topological polar surface area (TPSA) is 79.6 Å². The van der Waals surface area contributed by atoms with E-state index in [-0.39, 0.29) is 18.1 Å². The molecule has 39 heavy (non-hydrogen) atoms. The fraction of sp³-hybridized carbons (Fsp3) is 0.367. The number of para-hydroxylation sites is 1. The number of fused-ring (bicyclic) bond motifs is 3. The number of anilines is 2. The van der Waals surface area contributed by atoms with Crippen molar-refractivity contribution in [1.29, 1.82) is 0 Å². The van der Waals surface area contributed by atoms with E-state index in [0.717, 1.165) is 36.6 Å². The van der Waals surface area contributed by atoms with Gasteiger partial charge in [0.25, 0.3) is 0 Å². The predicted molar refractivity (Wildman–Crippen MR) is 147 cm³/mol. The molecule has 3 aromatic rings. The summed E-state index contributed by atoms with van der Waals surface area (Å²) in [4.78, 5) is 12.9. The number of nitrogens with zero attached hydrogens (tertiary/aromatic N) is 1. The summed E-state index contributed by atoms with van der Waals surface area (Å²) in [5, 5.41) is 6.47. The van der Waals surface area contributed by atoms with Gasteiger partial charge in [-0.3, -0.25) is 4.79 Å². The zero-order chi connectivity index (χ0) is 27.8. The highest BCUT2D eigenvalue weighted by Gasteiger charge is 2.43. The van der Waals surface area contributed by atoms with E-state index < -0.39 is 17.8 Å². The molecule has 1 fully saturated rings. The van der Waals surface area contributed by atoms with Crippen molar-refractivity contribution in [1.82, 2.24) is 4.90 Å². The Hall–Kier alpha value is -3.56. The molecule has 9 heteroatoms. The van der Waals surface area contributed by atoms with Gasteiger partial charge in [0.05, 0.1) is 23.8 Å². The Balaban J connectivity index is 0.000000379. The normalized spacial score (nSPS) is 21.8. The predicted octanol–water partition coefficient (Wildman–Crippen LogP) is 5.85. The van der Waals surface area contributed by atoms with Crippen LogP contribution in [0.5, 0.6) is 0 Å². The van der Waals surface area contributed by atoms with Crippen LogP contribution in [-0.4, -0.2) is 44.1 Å². The summed E-state index contributed by atoms with van der Waals surface area (Å²) in [6, 6.07) is 23.7. The van der Waals surface area contributed by atoms with Crippen LogP contribution in [0.15, 0.2) is 78.9 Å². The molecule has 0 saturated carbocycles. The average molecular weight is 541 g/mol. The highest BCUT2D eigenvalue weighted by atomic mass is 19.4. The average Bonchev–Trinajstić information content (AvgIpc) is 2.97. The summed E-state index contributed by atoms with van der Waals surface area (Å²) < 4.78 is 46.5. The molecule has 3 aromatic carbocycles. The molecule has 1 saturated heterocycles. The molecule has 0 aliphatic carbocycles. The number of nitrogens with one attached hydrogen (secondary N) is 2. The molecule has 0 spiro atoms. The number of benzene rings is 3. The van der Waals surface area contributed by atoms with Crippen LogP contribution >= 0.6 is 0 Å². The third-order valence-electron chi connectivity index (χ3n) is 7.20. The highest BCUT2D eigenvalue weighted by Crippen LogP contribution is 2.51. The molecule has 2 aliphatic heterocycles. The second-order valence-electron chi connectivity index (χ2n) is 9.76. The summed E-state index contributed by atoms with van der Waals surface area (Å²) in [6.07, 6.45) is -2.94. The maximum Gasteiger partial charge on any atom is 0.416 e. The molecule has 3 unspecified atom stereocenters. The maximum absolute atomic E-state index is 13.4. The van der Waals surface area contributed by atoms with Crippen molar-refractivity contribution in [2.45, 2.75) is 37.3 Å². The van der Waals surface area contributed by atoms with Crippen molar-refractivity contribution in [3.8, 4) is 0 Å². The van der Waals surface area contributed by atoms with Gasteiger partial charge in [-0.2, -0.15) is 13.2 Å². The van der Waals surface area contributed by atoms with Gasteiger partial charge in [0.2, 0.25) is 6.41 Å². The van der Waals surface area contributed by atoms with Crippen molar-refractivity contribution in [3.63, 3.8) is 0 Å². The monoisotopic (exact) mass is 540 g/mol. The first-order valence-corrected chi connectivity index (χ1v) is 13.1. The van der Waals surface area contributed by atoms with E-state index in [0.29, 0.717) is 30.9 Å². The lowest BCUT2D eigenvalue weighted by Gasteiger charge is -2.46. The van der Waals surface area contributed by atoms with Crippen LogP contribution in [0.2, 0.25) is 0 Å². The van der Waals surface area contributed by atoms with Crippen molar-refractivity contribution in [2.24, 2.45) is 11.7 Å². The number of hydrogen-bond acceptors (Lipinski definition) is 5. The van der Waals surface area contributed by atoms with Gasteiger partial charge in [0.15, 0.2) is 0 Å². The number of hydrogen-bond donors (Lipinski definition) is 3. The molecule has 208 valence electrons. The first kappa shape index (κ1) is 28.4. The molecule has 4 N–H and O–H groups in total. The van der Waals surface area contributed by atoms with E-state index in [4.69, 9.17) is 10.5 Å². The van der Waals surface area contributed by atoms with Crippen molar-refractivity contribution < 1.29 is 22.7 Å². The Morgan fingerprint density at radius 1 is 1.05 bits per heavy atom. The molecular formula is C30H35F3N4O2. The summed E-state index contributed by atoms with van der Waals surface area (Å²) in [7, 11) is 1.91. The van der Waals surface area contributed by atoms with Crippen LogP contribution in [0.4, 0.5) is 24.5 Å². The Morgan fingerprint density at radius 3 is 2.33 bits per heavy atom. The molecule has 1 amide bonds. The fourth-order valence-electron chi connectivity index (χ4n) is 5.28. The zero-order valence-electron chi connectivity index (χ0n) is 21.9. The highest BCUT2D eigenvalue weighted by molar-refractivity contribution is 5.58. The SMILES string of the molecule is CNc1ccccc1.NCCN(C=O)CC1CCC2C(O1)c1cc(C(F)(F)F)ccc1N[C@H]2c1ccccc1. The van der Waals surface area contributed by atoms with Crippen molar-refractivity contribution in [3.05, 3.63) is 95.6 Å². The summed E-state index contributed by atoms with van der Waals surface area (Å²) >= 11 is 0. The summed E-state index contributed by atoms with van der Waals surface area (Å²) in [5.41, 5.74) is 8.28. The first-order valence-electron chi connectivity index (χ1n) is 13.1. The minimum atomic E-state index is -4.43. The molecule has 2 aliphatic rings. The number of carbonyl (C=O) groups excluding carboxylic acids is 1. The Labute approximate surface area is 227 Å². The van der Waals surface area contributed by atoms with E-state index in [1.807, 2.05) is 67.7 Å². The molecular weight excluding hydrogens is 505 g/mol. The lowest BCUT2D eigenvalue weighted by atomic mass is 9.76. The number of rotatable bonds is 7. The van der Waals surface area contributed by atoms with Crippen molar-refractivity contribution >= 4 is 17.8 Å². The number of carbonyl (C=O) groups is 1. The minimum Gasteiger partial charge on any atom is -0.388 e. The molecule has 4 atom stereocenters. The van der Waals surface area contributed by atoms with Gasteiger partial charge in [-0.1, -0.05) is 48.5 Å². The number of ether oxygens (including phenoxy) is 1. The minimum absolute atomic E-state index is 0.0196. The largest absolute Gasteiger partial charge is 0.416 e. The summed E-state index contributed by atoms with van der Waals surface area (Å²) in [6.45, 7) is 1.14. The van der Waals surface area contributed by atoms with Crippen LogP contribution in [0, 0.1) is 5.92 Å². The van der Waals surface area contributed by atoms with E-state index in [9.17, 15) is 18.0 Å². The smallest absolute Gasteiger partial charge is 0.388 e. The van der Waals surface area contributed by atoms with Crippen LogP contribution in [0.1, 0.15) is 41.7 Å². The van der Waals surface area contributed by atoms with Gasteiger partial charge in [-0.05, 0) is 48.7 Å². The van der Waals surface area contributed by atoms with Gasteiger partial charge in [-0.15, -0.1) is 0 Å². The van der Waals surface area contributed by atoms with Crippen LogP contribution < -0.4 is 16.4 Å². The fourth-order valence-corrected chi connectivity index (χ4v) is 5.28. The molecule has 0 aromatic heterocycles. The van der Waals surface area contributed by atoms with Gasteiger partial charge in [-0.25, -0.2) is 0 Å². The van der Waals surface area contributed by atoms with E-state index in [1.165, 1.54) is 12.1 Å². The maximum atomic E-state index is 13.4.